The van der Waals surface area contributed by atoms with E-state index in [4.69, 9.17) is 15.6 Å². The number of rotatable bonds is 5. The van der Waals surface area contributed by atoms with Crippen LogP contribution >= 0.6 is 0 Å². The van der Waals surface area contributed by atoms with E-state index in [9.17, 15) is 4.79 Å². The normalized spacial score (nSPS) is 11.4. The molecule has 0 aliphatic heterocycles. The van der Waals surface area contributed by atoms with Gasteiger partial charge < -0.3 is 15.6 Å². The van der Waals surface area contributed by atoms with Gasteiger partial charge in [0.1, 0.15) is 0 Å². The SMILES string of the molecule is CC(C)(CO)OCc1ccc(C(N)=O)cc1. The lowest BCUT2D eigenvalue weighted by molar-refractivity contribution is -0.0633. The number of carbonyl (C=O) groups is 1. The fourth-order valence-corrected chi connectivity index (χ4v) is 1.09. The molecule has 3 N–H and O–H groups in total. The molecule has 0 spiro atoms. The highest BCUT2D eigenvalue weighted by Crippen LogP contribution is 2.12. The molecule has 1 amide bonds. The Morgan fingerprint density at radius 1 is 1.38 bits per heavy atom. The highest BCUT2D eigenvalue weighted by molar-refractivity contribution is 5.92. The van der Waals surface area contributed by atoms with E-state index < -0.39 is 11.5 Å². The van der Waals surface area contributed by atoms with Crippen LogP contribution in [-0.2, 0) is 11.3 Å². The summed E-state index contributed by atoms with van der Waals surface area (Å²) in [5, 5.41) is 9.00. The van der Waals surface area contributed by atoms with Gasteiger partial charge >= 0.3 is 0 Å². The first-order valence-corrected chi connectivity index (χ1v) is 5.08. The van der Waals surface area contributed by atoms with Crippen molar-refractivity contribution < 1.29 is 14.6 Å². The zero-order valence-corrected chi connectivity index (χ0v) is 9.56. The summed E-state index contributed by atoms with van der Waals surface area (Å²) in [7, 11) is 0. The number of benzene rings is 1. The average molecular weight is 223 g/mol. The minimum Gasteiger partial charge on any atom is -0.393 e. The van der Waals surface area contributed by atoms with Crippen molar-refractivity contribution >= 4 is 5.91 Å². The van der Waals surface area contributed by atoms with Crippen molar-refractivity contribution in [1.82, 2.24) is 0 Å². The molecular formula is C12H17NO3. The summed E-state index contributed by atoms with van der Waals surface area (Å²) < 4.78 is 5.50. The Bertz CT molecular complexity index is 357. The number of hydrogen-bond donors (Lipinski definition) is 2. The number of aliphatic hydroxyl groups is 1. The van der Waals surface area contributed by atoms with Crippen LogP contribution in [0.25, 0.3) is 0 Å². The zero-order valence-electron chi connectivity index (χ0n) is 9.56. The van der Waals surface area contributed by atoms with Crippen molar-refractivity contribution in [2.45, 2.75) is 26.1 Å². The second-order valence-corrected chi connectivity index (χ2v) is 4.27. The molecular weight excluding hydrogens is 206 g/mol. The van der Waals surface area contributed by atoms with E-state index in [1.54, 1.807) is 24.3 Å². The smallest absolute Gasteiger partial charge is 0.248 e. The fourth-order valence-electron chi connectivity index (χ4n) is 1.09. The van der Waals surface area contributed by atoms with Gasteiger partial charge in [0.05, 0.1) is 18.8 Å². The van der Waals surface area contributed by atoms with E-state index in [0.29, 0.717) is 12.2 Å². The first-order valence-electron chi connectivity index (χ1n) is 5.08. The first kappa shape index (κ1) is 12.7. The van der Waals surface area contributed by atoms with Crippen molar-refractivity contribution in [3.8, 4) is 0 Å². The molecule has 4 heteroatoms. The van der Waals surface area contributed by atoms with Gasteiger partial charge in [0.15, 0.2) is 0 Å². The lowest BCUT2D eigenvalue weighted by Gasteiger charge is -2.22. The van der Waals surface area contributed by atoms with Crippen LogP contribution in [0.1, 0.15) is 29.8 Å². The van der Waals surface area contributed by atoms with Gasteiger partial charge in [0, 0.05) is 5.56 Å². The van der Waals surface area contributed by atoms with Crippen LogP contribution in [0, 0.1) is 0 Å². The molecule has 0 fully saturated rings. The molecule has 0 saturated heterocycles. The maximum absolute atomic E-state index is 10.8. The third kappa shape index (κ3) is 3.64. The molecule has 88 valence electrons. The monoisotopic (exact) mass is 223 g/mol. The van der Waals surface area contributed by atoms with E-state index in [1.165, 1.54) is 0 Å². The van der Waals surface area contributed by atoms with Crippen molar-refractivity contribution in [2.24, 2.45) is 5.73 Å². The van der Waals surface area contributed by atoms with E-state index in [0.717, 1.165) is 5.56 Å². The number of carbonyl (C=O) groups excluding carboxylic acids is 1. The zero-order chi connectivity index (χ0) is 12.2. The van der Waals surface area contributed by atoms with Crippen LogP contribution in [0.4, 0.5) is 0 Å². The number of hydrogen-bond acceptors (Lipinski definition) is 3. The van der Waals surface area contributed by atoms with Gasteiger partial charge in [0.25, 0.3) is 0 Å². The number of nitrogens with two attached hydrogens (primary N) is 1. The maximum Gasteiger partial charge on any atom is 0.248 e. The summed E-state index contributed by atoms with van der Waals surface area (Å²) in [4.78, 5) is 10.8. The third-order valence-corrected chi connectivity index (χ3v) is 2.25. The van der Waals surface area contributed by atoms with Crippen LogP contribution in [0.5, 0.6) is 0 Å². The number of amides is 1. The topological polar surface area (TPSA) is 72.6 Å². The molecule has 0 heterocycles. The molecule has 0 aliphatic rings. The van der Waals surface area contributed by atoms with Gasteiger partial charge in [-0.1, -0.05) is 12.1 Å². The number of primary amides is 1. The van der Waals surface area contributed by atoms with Crippen LogP contribution < -0.4 is 5.73 Å². The molecule has 1 aromatic rings. The van der Waals surface area contributed by atoms with Gasteiger partial charge in [-0.25, -0.2) is 0 Å². The molecule has 0 radical (unpaired) electrons. The molecule has 0 bridgehead atoms. The summed E-state index contributed by atoms with van der Waals surface area (Å²) in [5.41, 5.74) is 5.99. The third-order valence-electron chi connectivity index (χ3n) is 2.25. The highest BCUT2D eigenvalue weighted by Gasteiger charge is 2.16. The Labute approximate surface area is 95.0 Å². The summed E-state index contributed by atoms with van der Waals surface area (Å²) in [6.45, 7) is 3.98. The van der Waals surface area contributed by atoms with Gasteiger partial charge in [-0.05, 0) is 31.5 Å². The average Bonchev–Trinajstić information content (AvgIpc) is 2.27. The number of ether oxygens (including phenoxy) is 1. The van der Waals surface area contributed by atoms with Crippen molar-refractivity contribution in [1.29, 1.82) is 0 Å². The van der Waals surface area contributed by atoms with E-state index in [1.807, 2.05) is 13.8 Å². The van der Waals surface area contributed by atoms with Crippen molar-refractivity contribution in [3.63, 3.8) is 0 Å². The molecule has 0 aliphatic carbocycles. The molecule has 4 nitrogen and oxygen atoms in total. The second kappa shape index (κ2) is 5.09. The lowest BCUT2D eigenvalue weighted by Crippen LogP contribution is -2.28. The van der Waals surface area contributed by atoms with Crippen LogP contribution in [0.3, 0.4) is 0 Å². The first-order chi connectivity index (χ1) is 7.44. The molecule has 0 unspecified atom stereocenters. The summed E-state index contributed by atoms with van der Waals surface area (Å²) in [6.07, 6.45) is 0. The molecule has 0 saturated carbocycles. The van der Waals surface area contributed by atoms with Gasteiger partial charge in [-0.2, -0.15) is 0 Å². The Balaban J connectivity index is 2.59. The standard InChI is InChI=1S/C12H17NO3/c1-12(2,8-14)16-7-9-3-5-10(6-4-9)11(13)15/h3-6,14H,7-8H2,1-2H3,(H2,13,15). The predicted molar refractivity (Wildman–Crippen MR) is 60.9 cm³/mol. The molecule has 16 heavy (non-hydrogen) atoms. The van der Waals surface area contributed by atoms with E-state index >= 15 is 0 Å². The van der Waals surface area contributed by atoms with Crippen LogP contribution in [0.15, 0.2) is 24.3 Å². The van der Waals surface area contributed by atoms with Crippen molar-refractivity contribution in [3.05, 3.63) is 35.4 Å². The summed E-state index contributed by atoms with van der Waals surface area (Å²) in [5.74, 6) is -0.442. The van der Waals surface area contributed by atoms with Crippen LogP contribution in [-0.4, -0.2) is 23.2 Å². The predicted octanol–water partition coefficient (Wildman–Crippen LogP) is 1.07. The van der Waals surface area contributed by atoms with Gasteiger partial charge in [-0.3, -0.25) is 4.79 Å². The minimum atomic E-state index is -0.553. The van der Waals surface area contributed by atoms with Gasteiger partial charge in [0.2, 0.25) is 5.91 Å². The molecule has 1 aromatic carbocycles. The fraction of sp³-hybridized carbons (Fsp3) is 0.417. The quantitative estimate of drug-likeness (QED) is 0.784. The van der Waals surface area contributed by atoms with E-state index in [-0.39, 0.29) is 6.61 Å². The Morgan fingerprint density at radius 3 is 2.38 bits per heavy atom. The van der Waals surface area contributed by atoms with Crippen molar-refractivity contribution in [2.75, 3.05) is 6.61 Å². The molecule has 0 atom stereocenters. The van der Waals surface area contributed by atoms with Gasteiger partial charge in [-0.15, -0.1) is 0 Å². The van der Waals surface area contributed by atoms with Crippen LogP contribution in [0.2, 0.25) is 0 Å². The summed E-state index contributed by atoms with van der Waals surface area (Å²) in [6, 6.07) is 6.89. The van der Waals surface area contributed by atoms with E-state index in [2.05, 4.69) is 0 Å². The maximum atomic E-state index is 10.8. The Hall–Kier alpha value is -1.39. The highest BCUT2D eigenvalue weighted by atomic mass is 16.5. The Kier molecular flexibility index (Phi) is 4.04. The molecule has 0 aromatic heterocycles. The molecule has 1 rings (SSSR count). The second-order valence-electron chi connectivity index (χ2n) is 4.27. The Morgan fingerprint density at radius 2 is 1.94 bits per heavy atom. The minimum absolute atomic E-state index is 0.0353. The number of aliphatic hydroxyl groups excluding tert-OH is 1. The summed E-state index contributed by atoms with van der Waals surface area (Å²) >= 11 is 0. The largest absolute Gasteiger partial charge is 0.393 e. The lowest BCUT2D eigenvalue weighted by atomic mass is 10.1.